The molecule has 1 heterocycles. The first-order valence-electron chi connectivity index (χ1n) is 4.64. The molecule has 78 valence electrons. The van der Waals surface area contributed by atoms with Crippen LogP contribution in [0.2, 0.25) is 0 Å². The quantitative estimate of drug-likeness (QED) is 0.859. The number of nitrogens with one attached hydrogen (secondary N) is 1. The Bertz CT molecular complexity index is 512. The first kappa shape index (κ1) is 10.6. The number of aromatic nitrogens is 3. The average Bonchev–Trinajstić information content (AvgIpc) is 2.61. The molecular formula is C10H10BrN3S. The predicted molar refractivity (Wildman–Crippen MR) is 65.8 cm³/mol. The molecule has 0 bridgehead atoms. The van der Waals surface area contributed by atoms with Gasteiger partial charge in [-0.1, -0.05) is 22.9 Å². The molecule has 3 nitrogen and oxygen atoms in total. The monoisotopic (exact) mass is 283 g/mol. The van der Waals surface area contributed by atoms with E-state index in [0.717, 1.165) is 22.4 Å². The summed E-state index contributed by atoms with van der Waals surface area (Å²) in [5, 5.41) is 6.97. The summed E-state index contributed by atoms with van der Waals surface area (Å²) in [6.45, 7) is 2.06. The van der Waals surface area contributed by atoms with Crippen molar-refractivity contribution >= 4 is 28.1 Å². The third-order valence-corrected chi connectivity index (χ3v) is 2.95. The molecular weight excluding hydrogens is 274 g/mol. The van der Waals surface area contributed by atoms with Crippen molar-refractivity contribution in [3.05, 3.63) is 39.3 Å². The number of hydrogen-bond donors (Lipinski definition) is 1. The number of rotatable bonds is 2. The molecule has 0 saturated heterocycles. The summed E-state index contributed by atoms with van der Waals surface area (Å²) in [7, 11) is 0. The van der Waals surface area contributed by atoms with Crippen molar-refractivity contribution in [3.63, 3.8) is 0 Å². The maximum Gasteiger partial charge on any atom is 0.199 e. The van der Waals surface area contributed by atoms with E-state index in [1.807, 2.05) is 28.8 Å². The lowest BCUT2D eigenvalue weighted by atomic mass is 10.3. The highest BCUT2D eigenvalue weighted by molar-refractivity contribution is 9.10. The Kier molecular flexibility index (Phi) is 3.02. The standard InChI is InChI=1S/C10H10BrN3S/c1-2-9-12-13-10(15)14(9)8-5-3-7(11)4-6-8/h3-6H,2H2,1H3,(H,13,15). The van der Waals surface area contributed by atoms with Crippen LogP contribution in [0.25, 0.3) is 5.69 Å². The van der Waals surface area contributed by atoms with Crippen molar-refractivity contribution in [2.45, 2.75) is 13.3 Å². The molecule has 0 unspecified atom stereocenters. The number of nitrogens with zero attached hydrogens (tertiary/aromatic N) is 2. The summed E-state index contributed by atoms with van der Waals surface area (Å²) in [6, 6.07) is 8.00. The van der Waals surface area contributed by atoms with Gasteiger partial charge in [0.2, 0.25) is 0 Å². The maximum absolute atomic E-state index is 5.19. The second-order valence-corrected chi connectivity index (χ2v) is 4.41. The van der Waals surface area contributed by atoms with Gasteiger partial charge in [-0.15, -0.1) is 0 Å². The van der Waals surface area contributed by atoms with Crippen LogP contribution in [-0.2, 0) is 6.42 Å². The van der Waals surface area contributed by atoms with Gasteiger partial charge in [-0.2, -0.15) is 5.10 Å². The fourth-order valence-electron chi connectivity index (χ4n) is 1.42. The third-order valence-electron chi connectivity index (χ3n) is 2.14. The van der Waals surface area contributed by atoms with E-state index in [-0.39, 0.29) is 0 Å². The van der Waals surface area contributed by atoms with Gasteiger partial charge < -0.3 is 0 Å². The smallest absolute Gasteiger partial charge is 0.199 e. The van der Waals surface area contributed by atoms with Gasteiger partial charge in [-0.25, -0.2) is 0 Å². The molecule has 2 rings (SSSR count). The average molecular weight is 284 g/mol. The third kappa shape index (κ3) is 2.03. The fraction of sp³-hybridized carbons (Fsp3) is 0.200. The van der Waals surface area contributed by atoms with Crippen LogP contribution in [0.4, 0.5) is 0 Å². The molecule has 0 spiro atoms. The highest BCUT2D eigenvalue weighted by atomic mass is 79.9. The number of benzene rings is 1. The van der Waals surface area contributed by atoms with E-state index >= 15 is 0 Å². The molecule has 0 radical (unpaired) electrons. The molecule has 0 fully saturated rings. The topological polar surface area (TPSA) is 33.6 Å². The summed E-state index contributed by atoms with van der Waals surface area (Å²) < 4.78 is 3.63. The summed E-state index contributed by atoms with van der Waals surface area (Å²) in [4.78, 5) is 0. The Hall–Kier alpha value is -0.940. The van der Waals surface area contributed by atoms with Crippen LogP contribution in [0.15, 0.2) is 28.7 Å². The molecule has 2 aromatic rings. The minimum atomic E-state index is 0.633. The Morgan fingerprint density at radius 1 is 1.40 bits per heavy atom. The number of H-pyrrole nitrogens is 1. The van der Waals surface area contributed by atoms with Gasteiger partial charge in [0.1, 0.15) is 5.82 Å². The van der Waals surface area contributed by atoms with Gasteiger partial charge in [0, 0.05) is 16.6 Å². The number of aryl methyl sites for hydroxylation is 1. The molecule has 0 aliphatic rings. The lowest BCUT2D eigenvalue weighted by molar-refractivity contribution is 0.880. The van der Waals surface area contributed by atoms with Crippen LogP contribution in [0.1, 0.15) is 12.7 Å². The van der Waals surface area contributed by atoms with Crippen molar-refractivity contribution < 1.29 is 0 Å². The van der Waals surface area contributed by atoms with Gasteiger partial charge in [0.15, 0.2) is 4.77 Å². The minimum Gasteiger partial charge on any atom is -0.272 e. The zero-order chi connectivity index (χ0) is 10.8. The van der Waals surface area contributed by atoms with Crippen molar-refractivity contribution in [1.29, 1.82) is 0 Å². The Labute approximate surface area is 101 Å². The SMILES string of the molecule is CCc1n[nH]c(=S)n1-c1ccc(Br)cc1. The lowest BCUT2D eigenvalue weighted by Gasteiger charge is -2.04. The second kappa shape index (κ2) is 4.28. The molecule has 0 amide bonds. The highest BCUT2D eigenvalue weighted by Crippen LogP contribution is 2.15. The van der Waals surface area contributed by atoms with Gasteiger partial charge in [-0.3, -0.25) is 9.67 Å². The zero-order valence-corrected chi connectivity index (χ0v) is 10.6. The van der Waals surface area contributed by atoms with Gasteiger partial charge in [-0.05, 0) is 36.5 Å². The van der Waals surface area contributed by atoms with E-state index in [1.165, 1.54) is 0 Å². The van der Waals surface area contributed by atoms with Gasteiger partial charge >= 0.3 is 0 Å². The van der Waals surface area contributed by atoms with E-state index in [9.17, 15) is 0 Å². The lowest BCUT2D eigenvalue weighted by Crippen LogP contribution is -1.99. The first-order valence-corrected chi connectivity index (χ1v) is 5.84. The first-order chi connectivity index (χ1) is 7.22. The molecule has 15 heavy (non-hydrogen) atoms. The van der Waals surface area contributed by atoms with Crippen LogP contribution in [0.3, 0.4) is 0 Å². The molecule has 5 heteroatoms. The molecule has 0 saturated carbocycles. The molecule has 1 aromatic heterocycles. The van der Waals surface area contributed by atoms with E-state index < -0.39 is 0 Å². The predicted octanol–water partition coefficient (Wildman–Crippen LogP) is 3.25. The molecule has 1 aromatic carbocycles. The van der Waals surface area contributed by atoms with Crippen molar-refractivity contribution in [1.82, 2.24) is 14.8 Å². The normalized spacial score (nSPS) is 10.5. The van der Waals surface area contributed by atoms with Crippen LogP contribution < -0.4 is 0 Å². The summed E-state index contributed by atoms with van der Waals surface area (Å²) in [6.07, 6.45) is 0.850. The van der Waals surface area contributed by atoms with Crippen LogP contribution in [0, 0.1) is 4.77 Å². The largest absolute Gasteiger partial charge is 0.272 e. The Morgan fingerprint density at radius 3 is 2.67 bits per heavy atom. The second-order valence-electron chi connectivity index (χ2n) is 3.11. The van der Waals surface area contributed by atoms with Crippen molar-refractivity contribution in [2.24, 2.45) is 0 Å². The van der Waals surface area contributed by atoms with E-state index in [1.54, 1.807) is 0 Å². The number of aromatic amines is 1. The van der Waals surface area contributed by atoms with Crippen LogP contribution in [-0.4, -0.2) is 14.8 Å². The Morgan fingerprint density at radius 2 is 2.07 bits per heavy atom. The molecule has 1 N–H and O–H groups in total. The molecule has 0 aliphatic heterocycles. The van der Waals surface area contributed by atoms with Crippen molar-refractivity contribution in [3.8, 4) is 5.69 Å². The molecule has 0 aliphatic carbocycles. The van der Waals surface area contributed by atoms with Crippen molar-refractivity contribution in [2.75, 3.05) is 0 Å². The summed E-state index contributed by atoms with van der Waals surface area (Å²) in [5.74, 6) is 0.947. The number of hydrogen-bond acceptors (Lipinski definition) is 2. The Balaban J connectivity index is 2.57. The van der Waals surface area contributed by atoms with E-state index in [4.69, 9.17) is 12.2 Å². The number of halogens is 1. The van der Waals surface area contributed by atoms with Crippen LogP contribution in [0.5, 0.6) is 0 Å². The van der Waals surface area contributed by atoms with Gasteiger partial charge in [0.05, 0.1) is 0 Å². The molecule has 0 atom stereocenters. The fourth-order valence-corrected chi connectivity index (χ4v) is 1.94. The van der Waals surface area contributed by atoms with E-state index in [2.05, 4.69) is 33.1 Å². The highest BCUT2D eigenvalue weighted by Gasteiger charge is 2.05. The van der Waals surface area contributed by atoms with Gasteiger partial charge in [0.25, 0.3) is 0 Å². The minimum absolute atomic E-state index is 0.633. The maximum atomic E-state index is 5.19. The zero-order valence-electron chi connectivity index (χ0n) is 8.20. The summed E-state index contributed by atoms with van der Waals surface area (Å²) >= 11 is 8.59. The van der Waals surface area contributed by atoms with E-state index in [0.29, 0.717) is 4.77 Å². The summed E-state index contributed by atoms with van der Waals surface area (Å²) in [5.41, 5.74) is 1.04. The van der Waals surface area contributed by atoms with Crippen LogP contribution >= 0.6 is 28.1 Å².